The number of nitrogens with one attached hydrogen (secondary N) is 2. The van der Waals surface area contributed by atoms with Crippen LogP contribution in [-0.2, 0) is 6.54 Å². The molecule has 5 rings (SSSR count). The average molecular weight is 477 g/mol. The summed E-state index contributed by atoms with van der Waals surface area (Å²) in [7, 11) is 1.67. The van der Waals surface area contributed by atoms with E-state index in [1.165, 1.54) is 17.8 Å². The Bertz CT molecular complexity index is 1170. The molecule has 0 bridgehead atoms. The molecule has 3 aliphatic rings. The molecule has 2 aromatic carbocycles. The number of likely N-dealkylation sites (tertiary alicyclic amines) is 1. The van der Waals surface area contributed by atoms with Gasteiger partial charge in [-0.2, -0.15) is 0 Å². The molecule has 3 heterocycles. The van der Waals surface area contributed by atoms with E-state index >= 15 is 0 Å². The van der Waals surface area contributed by atoms with Crippen molar-refractivity contribution in [3.63, 3.8) is 0 Å². The second-order valence-corrected chi connectivity index (χ2v) is 9.16. The number of dihydropyridines is 1. The van der Waals surface area contributed by atoms with Crippen LogP contribution in [0.15, 0.2) is 77.1 Å². The summed E-state index contributed by atoms with van der Waals surface area (Å²) in [6, 6.07) is 11.8. The summed E-state index contributed by atoms with van der Waals surface area (Å²) < 4.78 is 32.7. The maximum absolute atomic E-state index is 13.6. The molecule has 1 unspecified atom stereocenters. The Morgan fingerprint density at radius 1 is 1.09 bits per heavy atom. The van der Waals surface area contributed by atoms with Crippen LogP contribution in [0.25, 0.3) is 5.57 Å². The molecule has 5 nitrogen and oxygen atoms in total. The number of rotatable bonds is 6. The van der Waals surface area contributed by atoms with E-state index in [4.69, 9.17) is 9.73 Å². The van der Waals surface area contributed by atoms with Crippen LogP contribution in [0.3, 0.4) is 0 Å². The van der Waals surface area contributed by atoms with Gasteiger partial charge in [0.1, 0.15) is 23.5 Å². The van der Waals surface area contributed by atoms with Crippen LogP contribution < -0.4 is 15.4 Å². The maximum Gasteiger partial charge on any atom is 0.144 e. The van der Waals surface area contributed by atoms with Crippen LogP contribution in [0.1, 0.15) is 24.0 Å². The first kappa shape index (κ1) is 23.3. The van der Waals surface area contributed by atoms with Crippen LogP contribution >= 0.6 is 0 Å². The number of piperidine rings is 1. The van der Waals surface area contributed by atoms with Gasteiger partial charge in [-0.1, -0.05) is 18.2 Å². The quantitative estimate of drug-likeness (QED) is 0.638. The fourth-order valence-corrected chi connectivity index (χ4v) is 5.02. The highest BCUT2D eigenvalue weighted by molar-refractivity contribution is 6.12. The third-order valence-corrected chi connectivity index (χ3v) is 6.81. The van der Waals surface area contributed by atoms with Gasteiger partial charge in [-0.05, 0) is 79.2 Å². The Morgan fingerprint density at radius 3 is 2.60 bits per heavy atom. The molecule has 2 aromatic rings. The molecule has 1 atom stereocenters. The number of methoxy groups -OCH3 is 1. The number of hydrogen-bond donors (Lipinski definition) is 2. The van der Waals surface area contributed by atoms with Gasteiger partial charge < -0.3 is 15.4 Å². The summed E-state index contributed by atoms with van der Waals surface area (Å²) in [5.74, 6) is 0.0882. The van der Waals surface area contributed by atoms with Gasteiger partial charge in [0.05, 0.1) is 7.11 Å². The molecule has 0 aromatic heterocycles. The summed E-state index contributed by atoms with van der Waals surface area (Å²) in [5, 5.41) is 6.93. The van der Waals surface area contributed by atoms with Crippen LogP contribution in [0.5, 0.6) is 5.75 Å². The van der Waals surface area contributed by atoms with Gasteiger partial charge in [-0.15, -0.1) is 0 Å². The summed E-state index contributed by atoms with van der Waals surface area (Å²) in [4.78, 5) is 7.10. The van der Waals surface area contributed by atoms with Gasteiger partial charge in [0.15, 0.2) is 0 Å². The average Bonchev–Trinajstić information content (AvgIpc) is 2.89. The normalized spacial score (nSPS) is 20.9. The molecule has 0 amide bonds. The van der Waals surface area contributed by atoms with Crippen molar-refractivity contribution in [2.75, 3.05) is 26.7 Å². The highest BCUT2D eigenvalue weighted by Crippen LogP contribution is 2.33. The fourth-order valence-electron chi connectivity index (χ4n) is 5.02. The topological polar surface area (TPSA) is 48.9 Å². The van der Waals surface area contributed by atoms with E-state index in [-0.39, 0.29) is 6.17 Å². The molecule has 7 heteroatoms. The van der Waals surface area contributed by atoms with Crippen molar-refractivity contribution in [2.24, 2.45) is 10.9 Å². The minimum absolute atomic E-state index is 0.119. The number of benzene rings is 2. The lowest BCUT2D eigenvalue weighted by Gasteiger charge is -2.37. The van der Waals surface area contributed by atoms with Crippen molar-refractivity contribution >= 4 is 11.8 Å². The Hall–Kier alpha value is -3.45. The number of ether oxygens (including phenoxy) is 1. The van der Waals surface area contributed by atoms with Gasteiger partial charge in [-0.25, -0.2) is 8.78 Å². The largest absolute Gasteiger partial charge is 0.497 e. The predicted octanol–water partition coefficient (Wildman–Crippen LogP) is 4.64. The van der Waals surface area contributed by atoms with Crippen LogP contribution in [0.4, 0.5) is 8.78 Å². The summed E-state index contributed by atoms with van der Waals surface area (Å²) in [6.45, 7) is 3.05. The highest BCUT2D eigenvalue weighted by atomic mass is 19.1. The van der Waals surface area contributed by atoms with Crippen molar-refractivity contribution in [3.05, 3.63) is 94.8 Å². The number of halogens is 2. The SMILES string of the molecule is COc1cccc(C2=C(C3CCN(Cc4cc(F)cc(F)c4)CC3)NC(C3=CCNC=C3)N=C2)c1. The van der Waals surface area contributed by atoms with Crippen molar-refractivity contribution in [3.8, 4) is 5.75 Å². The number of nitrogens with zero attached hydrogens (tertiary/aromatic N) is 2. The van der Waals surface area contributed by atoms with E-state index in [0.29, 0.717) is 18.0 Å². The molecule has 0 spiro atoms. The van der Waals surface area contributed by atoms with Crippen LogP contribution in [-0.4, -0.2) is 44.0 Å². The van der Waals surface area contributed by atoms with E-state index in [2.05, 4.69) is 33.8 Å². The Balaban J connectivity index is 1.36. The Labute approximate surface area is 204 Å². The molecule has 0 radical (unpaired) electrons. The van der Waals surface area contributed by atoms with Gasteiger partial charge in [0, 0.05) is 42.6 Å². The first-order valence-electron chi connectivity index (χ1n) is 12.0. The molecule has 0 aliphatic carbocycles. The molecule has 2 N–H and O–H groups in total. The number of allylic oxidation sites excluding steroid dienone is 2. The lowest BCUT2D eigenvalue weighted by atomic mass is 9.87. The zero-order valence-electron chi connectivity index (χ0n) is 19.8. The zero-order chi connectivity index (χ0) is 24.2. The Kier molecular flexibility index (Phi) is 6.95. The minimum Gasteiger partial charge on any atom is -0.497 e. The smallest absolute Gasteiger partial charge is 0.144 e. The number of aliphatic imine (C=N–C) groups is 1. The fraction of sp³-hybridized carbons (Fsp3) is 0.321. The van der Waals surface area contributed by atoms with Gasteiger partial charge in [-0.3, -0.25) is 9.89 Å². The van der Waals surface area contributed by atoms with E-state index < -0.39 is 11.6 Å². The summed E-state index contributed by atoms with van der Waals surface area (Å²) >= 11 is 0. The van der Waals surface area contributed by atoms with Crippen molar-refractivity contribution in [2.45, 2.75) is 25.6 Å². The molecule has 1 fully saturated rings. The summed E-state index contributed by atoms with van der Waals surface area (Å²) in [6.07, 6.45) is 9.95. The molecule has 0 saturated carbocycles. The molecular weight excluding hydrogens is 446 g/mol. The zero-order valence-corrected chi connectivity index (χ0v) is 19.8. The molecular formula is C28H30F2N4O. The lowest BCUT2D eigenvalue weighted by Crippen LogP contribution is -2.40. The highest BCUT2D eigenvalue weighted by Gasteiger charge is 2.29. The number of hydrogen-bond acceptors (Lipinski definition) is 5. The molecule has 182 valence electrons. The van der Waals surface area contributed by atoms with Crippen molar-refractivity contribution < 1.29 is 13.5 Å². The molecule has 3 aliphatic heterocycles. The van der Waals surface area contributed by atoms with E-state index in [0.717, 1.165) is 61.0 Å². The standard InChI is InChI=1S/C28H30F2N4O/c1-35-25-4-2-3-22(15-25)26-17-32-28(21-5-9-31-10-6-21)33-27(26)20-7-11-34(12-8-20)18-19-13-23(29)16-24(30)14-19/h2-6,9,13-17,20,28,31,33H,7-8,10-12,18H2,1H3. The predicted molar refractivity (Wildman–Crippen MR) is 135 cm³/mol. The molecule has 1 saturated heterocycles. The van der Waals surface area contributed by atoms with Crippen LogP contribution in [0, 0.1) is 17.6 Å². The van der Waals surface area contributed by atoms with Crippen molar-refractivity contribution in [1.29, 1.82) is 0 Å². The maximum atomic E-state index is 13.6. The van der Waals surface area contributed by atoms with E-state index in [9.17, 15) is 8.78 Å². The second-order valence-electron chi connectivity index (χ2n) is 9.16. The second kappa shape index (κ2) is 10.4. The van der Waals surface area contributed by atoms with Crippen molar-refractivity contribution in [1.82, 2.24) is 15.5 Å². The van der Waals surface area contributed by atoms with Crippen LogP contribution in [0.2, 0.25) is 0 Å². The third kappa shape index (κ3) is 5.46. The monoisotopic (exact) mass is 476 g/mol. The van der Waals surface area contributed by atoms with Gasteiger partial charge in [0.2, 0.25) is 0 Å². The van der Waals surface area contributed by atoms with E-state index in [1.54, 1.807) is 7.11 Å². The first-order chi connectivity index (χ1) is 17.1. The van der Waals surface area contributed by atoms with Gasteiger partial charge in [0.25, 0.3) is 0 Å². The third-order valence-electron chi connectivity index (χ3n) is 6.81. The Morgan fingerprint density at radius 2 is 1.89 bits per heavy atom. The summed E-state index contributed by atoms with van der Waals surface area (Å²) in [5.41, 5.74) is 5.17. The van der Waals surface area contributed by atoms with E-state index in [1.807, 2.05) is 30.6 Å². The minimum atomic E-state index is -0.527. The van der Waals surface area contributed by atoms with Gasteiger partial charge >= 0.3 is 0 Å². The lowest BCUT2D eigenvalue weighted by molar-refractivity contribution is 0.187. The molecule has 35 heavy (non-hydrogen) atoms. The first-order valence-corrected chi connectivity index (χ1v) is 12.0.